The standard InChI is InChI=1S/C10H10BrF3N2O/c11-7-1-3-8(4-2-7)15-5-9(17)16-6-10(12,13)14/h1-4,15H,5-6H2,(H,16,17). The molecule has 0 aliphatic rings. The molecule has 2 N–H and O–H groups in total. The van der Waals surface area contributed by atoms with Crippen molar-refractivity contribution in [1.82, 2.24) is 5.32 Å². The van der Waals surface area contributed by atoms with Crippen molar-refractivity contribution in [1.29, 1.82) is 0 Å². The highest BCUT2D eigenvalue weighted by Gasteiger charge is 2.27. The predicted molar refractivity (Wildman–Crippen MR) is 61.7 cm³/mol. The molecule has 1 aromatic carbocycles. The van der Waals surface area contributed by atoms with Gasteiger partial charge < -0.3 is 10.6 Å². The first-order valence-corrected chi connectivity index (χ1v) is 5.49. The number of alkyl halides is 3. The van der Waals surface area contributed by atoms with Crippen molar-refractivity contribution in [2.24, 2.45) is 0 Å². The number of halogens is 4. The van der Waals surface area contributed by atoms with Gasteiger partial charge in [-0.15, -0.1) is 0 Å². The lowest BCUT2D eigenvalue weighted by atomic mass is 10.3. The van der Waals surface area contributed by atoms with Gasteiger partial charge in [0.2, 0.25) is 5.91 Å². The minimum absolute atomic E-state index is 0.197. The van der Waals surface area contributed by atoms with Crippen LogP contribution < -0.4 is 10.6 Å². The average Bonchev–Trinajstić information content (AvgIpc) is 2.25. The van der Waals surface area contributed by atoms with Crippen molar-refractivity contribution in [2.45, 2.75) is 6.18 Å². The van der Waals surface area contributed by atoms with Crippen LogP contribution in [0.2, 0.25) is 0 Å². The molecule has 3 nitrogen and oxygen atoms in total. The number of benzene rings is 1. The van der Waals surface area contributed by atoms with Gasteiger partial charge in [-0.05, 0) is 24.3 Å². The van der Waals surface area contributed by atoms with Crippen molar-refractivity contribution < 1.29 is 18.0 Å². The van der Waals surface area contributed by atoms with Gasteiger partial charge in [0.1, 0.15) is 6.54 Å². The van der Waals surface area contributed by atoms with E-state index in [2.05, 4.69) is 21.2 Å². The van der Waals surface area contributed by atoms with Gasteiger partial charge in [0.15, 0.2) is 0 Å². The lowest BCUT2D eigenvalue weighted by Crippen LogP contribution is -2.37. The van der Waals surface area contributed by atoms with Crippen LogP contribution >= 0.6 is 15.9 Å². The van der Waals surface area contributed by atoms with E-state index in [0.29, 0.717) is 5.69 Å². The molecule has 0 unspecified atom stereocenters. The Balaban J connectivity index is 2.31. The summed E-state index contributed by atoms with van der Waals surface area (Å²) in [7, 11) is 0. The third-order valence-electron chi connectivity index (χ3n) is 1.78. The van der Waals surface area contributed by atoms with Crippen molar-refractivity contribution in [3.8, 4) is 0 Å². The van der Waals surface area contributed by atoms with Crippen LogP contribution in [0.15, 0.2) is 28.7 Å². The Morgan fingerprint density at radius 3 is 2.35 bits per heavy atom. The average molecular weight is 311 g/mol. The Labute approximate surface area is 105 Å². The first-order chi connectivity index (χ1) is 7.87. The van der Waals surface area contributed by atoms with Crippen LogP contribution in [0, 0.1) is 0 Å². The molecular weight excluding hydrogens is 301 g/mol. The van der Waals surface area contributed by atoms with Crippen molar-refractivity contribution in [2.75, 3.05) is 18.4 Å². The van der Waals surface area contributed by atoms with Crippen LogP contribution in [0.4, 0.5) is 18.9 Å². The molecule has 0 fully saturated rings. The van der Waals surface area contributed by atoms with Crippen LogP contribution in [0.3, 0.4) is 0 Å². The molecule has 17 heavy (non-hydrogen) atoms. The Hall–Kier alpha value is -1.24. The second-order valence-corrected chi connectivity index (χ2v) is 4.17. The summed E-state index contributed by atoms with van der Waals surface area (Å²) < 4.78 is 36.2. The number of anilines is 1. The molecule has 0 aliphatic carbocycles. The van der Waals surface area contributed by atoms with Crippen LogP contribution in [0.1, 0.15) is 0 Å². The van der Waals surface area contributed by atoms with Gasteiger partial charge in [0.25, 0.3) is 0 Å². The molecule has 1 amide bonds. The van der Waals surface area contributed by atoms with Crippen LogP contribution in [0.25, 0.3) is 0 Å². The fraction of sp³-hybridized carbons (Fsp3) is 0.300. The molecule has 0 heterocycles. The number of rotatable bonds is 4. The molecule has 0 bridgehead atoms. The molecule has 1 rings (SSSR count). The highest BCUT2D eigenvalue weighted by molar-refractivity contribution is 9.10. The maximum Gasteiger partial charge on any atom is 0.405 e. The number of carbonyl (C=O) groups excluding carboxylic acids is 1. The van der Waals surface area contributed by atoms with E-state index in [9.17, 15) is 18.0 Å². The van der Waals surface area contributed by atoms with Gasteiger partial charge in [-0.1, -0.05) is 15.9 Å². The summed E-state index contributed by atoms with van der Waals surface area (Å²) in [6.07, 6.45) is -4.38. The Kier molecular flexibility index (Phi) is 4.80. The lowest BCUT2D eigenvalue weighted by Gasteiger charge is -2.09. The van der Waals surface area contributed by atoms with Crippen molar-refractivity contribution in [3.05, 3.63) is 28.7 Å². The molecule has 0 atom stereocenters. The summed E-state index contributed by atoms with van der Waals surface area (Å²) in [5.41, 5.74) is 0.662. The number of hydrogen-bond donors (Lipinski definition) is 2. The fourth-order valence-corrected chi connectivity index (χ4v) is 1.28. The molecule has 0 spiro atoms. The number of carbonyl (C=O) groups is 1. The third-order valence-corrected chi connectivity index (χ3v) is 2.31. The minimum atomic E-state index is -4.38. The lowest BCUT2D eigenvalue weighted by molar-refractivity contribution is -0.137. The SMILES string of the molecule is O=C(CNc1ccc(Br)cc1)NCC(F)(F)F. The summed E-state index contributed by atoms with van der Waals surface area (Å²) >= 11 is 3.24. The van der Waals surface area contributed by atoms with E-state index < -0.39 is 18.6 Å². The Morgan fingerprint density at radius 2 is 1.82 bits per heavy atom. The highest BCUT2D eigenvalue weighted by Crippen LogP contribution is 2.14. The maximum absolute atomic E-state index is 11.8. The normalized spacial score (nSPS) is 11.1. The Bertz CT molecular complexity index is 378. The molecule has 0 saturated carbocycles. The number of nitrogens with one attached hydrogen (secondary N) is 2. The minimum Gasteiger partial charge on any atom is -0.376 e. The van der Waals surface area contributed by atoms with E-state index >= 15 is 0 Å². The maximum atomic E-state index is 11.8. The van der Waals surface area contributed by atoms with Gasteiger partial charge in [-0.2, -0.15) is 13.2 Å². The zero-order chi connectivity index (χ0) is 12.9. The smallest absolute Gasteiger partial charge is 0.376 e. The van der Waals surface area contributed by atoms with Crippen molar-refractivity contribution >= 4 is 27.5 Å². The third kappa shape index (κ3) is 6.15. The molecule has 7 heteroatoms. The van der Waals surface area contributed by atoms with Gasteiger partial charge in [-0.25, -0.2) is 0 Å². The zero-order valence-electron chi connectivity index (χ0n) is 8.64. The van der Waals surface area contributed by atoms with E-state index in [0.717, 1.165) is 4.47 Å². The quantitative estimate of drug-likeness (QED) is 0.897. The molecule has 94 valence electrons. The first-order valence-electron chi connectivity index (χ1n) is 4.70. The molecule has 0 aliphatic heterocycles. The second-order valence-electron chi connectivity index (χ2n) is 3.25. The molecule has 0 radical (unpaired) electrons. The summed E-state index contributed by atoms with van der Waals surface area (Å²) in [5, 5.41) is 4.48. The van der Waals surface area contributed by atoms with Crippen molar-refractivity contribution in [3.63, 3.8) is 0 Å². The largest absolute Gasteiger partial charge is 0.405 e. The summed E-state index contributed by atoms with van der Waals surface area (Å²) in [4.78, 5) is 11.0. The fourth-order valence-electron chi connectivity index (χ4n) is 1.01. The number of amides is 1. The second kappa shape index (κ2) is 5.90. The van der Waals surface area contributed by atoms with Crippen LogP contribution in [-0.2, 0) is 4.79 Å². The molecule has 0 saturated heterocycles. The van der Waals surface area contributed by atoms with E-state index in [1.165, 1.54) is 0 Å². The zero-order valence-corrected chi connectivity index (χ0v) is 10.2. The predicted octanol–water partition coefficient (Wildman–Crippen LogP) is 2.54. The number of hydrogen-bond acceptors (Lipinski definition) is 2. The van der Waals surface area contributed by atoms with E-state index in [1.54, 1.807) is 29.6 Å². The van der Waals surface area contributed by atoms with E-state index in [4.69, 9.17) is 0 Å². The van der Waals surface area contributed by atoms with Gasteiger partial charge >= 0.3 is 6.18 Å². The monoisotopic (exact) mass is 310 g/mol. The summed E-state index contributed by atoms with van der Waals surface area (Å²) in [6.45, 7) is -1.51. The van der Waals surface area contributed by atoms with Gasteiger partial charge in [-0.3, -0.25) is 4.79 Å². The molecule has 0 aromatic heterocycles. The van der Waals surface area contributed by atoms with Crippen LogP contribution in [0.5, 0.6) is 0 Å². The van der Waals surface area contributed by atoms with E-state index in [-0.39, 0.29) is 6.54 Å². The summed E-state index contributed by atoms with van der Waals surface area (Å²) in [5.74, 6) is -0.703. The molecule has 1 aromatic rings. The van der Waals surface area contributed by atoms with E-state index in [1.807, 2.05) is 0 Å². The topological polar surface area (TPSA) is 41.1 Å². The van der Waals surface area contributed by atoms with Gasteiger partial charge in [0, 0.05) is 10.2 Å². The molecular formula is C10H10BrF3N2O. The van der Waals surface area contributed by atoms with Gasteiger partial charge in [0.05, 0.1) is 6.54 Å². The van der Waals surface area contributed by atoms with Crippen LogP contribution in [-0.4, -0.2) is 25.2 Å². The Morgan fingerprint density at radius 1 is 1.24 bits per heavy atom. The first kappa shape index (κ1) is 13.8. The summed E-state index contributed by atoms with van der Waals surface area (Å²) in [6, 6.07) is 6.94. The highest BCUT2D eigenvalue weighted by atomic mass is 79.9.